The Kier molecular flexibility index (Phi) is 3.70. The molecule has 1 aromatic carbocycles. The zero-order valence-corrected chi connectivity index (χ0v) is 10.6. The second-order valence-corrected chi connectivity index (χ2v) is 3.76. The van der Waals surface area contributed by atoms with Gasteiger partial charge < -0.3 is 14.6 Å². The van der Waals surface area contributed by atoms with Crippen LogP contribution in [0.4, 0.5) is 0 Å². The van der Waals surface area contributed by atoms with Crippen molar-refractivity contribution in [1.29, 1.82) is 0 Å². The SMILES string of the molecule is CCOc1ccc(OC)c(-c2[nH]ncc2C(=O)O)c1. The number of rotatable bonds is 5. The summed E-state index contributed by atoms with van der Waals surface area (Å²) in [7, 11) is 1.52. The van der Waals surface area contributed by atoms with Gasteiger partial charge in [0.05, 0.1) is 25.6 Å². The van der Waals surface area contributed by atoms with Crippen molar-refractivity contribution < 1.29 is 19.4 Å². The van der Waals surface area contributed by atoms with E-state index in [1.54, 1.807) is 18.2 Å². The highest BCUT2D eigenvalue weighted by atomic mass is 16.5. The van der Waals surface area contributed by atoms with Crippen molar-refractivity contribution in [1.82, 2.24) is 10.2 Å². The van der Waals surface area contributed by atoms with Gasteiger partial charge in [0, 0.05) is 5.56 Å². The van der Waals surface area contributed by atoms with Gasteiger partial charge in [-0.05, 0) is 25.1 Å². The average Bonchev–Trinajstić information content (AvgIpc) is 2.88. The van der Waals surface area contributed by atoms with Gasteiger partial charge in [0.1, 0.15) is 17.1 Å². The Morgan fingerprint density at radius 3 is 2.89 bits per heavy atom. The third-order valence-corrected chi connectivity index (χ3v) is 2.62. The molecule has 2 aromatic rings. The molecule has 0 bridgehead atoms. The minimum absolute atomic E-state index is 0.0898. The normalized spacial score (nSPS) is 10.2. The molecular weight excluding hydrogens is 248 g/mol. The first-order valence-electron chi connectivity index (χ1n) is 5.75. The van der Waals surface area contributed by atoms with Crippen LogP contribution in [0.3, 0.4) is 0 Å². The zero-order valence-electron chi connectivity index (χ0n) is 10.6. The molecule has 1 aromatic heterocycles. The molecule has 0 saturated carbocycles. The number of nitrogens with one attached hydrogen (secondary N) is 1. The Bertz CT molecular complexity index is 592. The van der Waals surface area contributed by atoms with E-state index < -0.39 is 5.97 Å². The molecule has 0 aliphatic rings. The summed E-state index contributed by atoms with van der Waals surface area (Å²) in [5.74, 6) is 0.145. The van der Waals surface area contributed by atoms with Gasteiger partial charge in [0.15, 0.2) is 0 Å². The van der Waals surface area contributed by atoms with E-state index >= 15 is 0 Å². The van der Waals surface area contributed by atoms with Crippen LogP contribution in [0.5, 0.6) is 11.5 Å². The van der Waals surface area contributed by atoms with Gasteiger partial charge in [-0.1, -0.05) is 0 Å². The number of benzene rings is 1. The molecule has 2 rings (SSSR count). The third-order valence-electron chi connectivity index (χ3n) is 2.62. The molecule has 0 fully saturated rings. The first kappa shape index (κ1) is 12.9. The van der Waals surface area contributed by atoms with E-state index in [-0.39, 0.29) is 5.56 Å². The third kappa shape index (κ3) is 2.52. The molecule has 100 valence electrons. The lowest BCUT2D eigenvalue weighted by Gasteiger charge is -2.10. The maximum atomic E-state index is 11.1. The highest BCUT2D eigenvalue weighted by Gasteiger charge is 2.18. The lowest BCUT2D eigenvalue weighted by atomic mass is 10.1. The molecule has 0 saturated heterocycles. The molecule has 6 heteroatoms. The average molecular weight is 262 g/mol. The zero-order chi connectivity index (χ0) is 13.8. The summed E-state index contributed by atoms with van der Waals surface area (Å²) in [6.07, 6.45) is 1.27. The maximum absolute atomic E-state index is 11.1. The topological polar surface area (TPSA) is 84.4 Å². The Balaban J connectivity index is 2.55. The van der Waals surface area contributed by atoms with Crippen LogP contribution >= 0.6 is 0 Å². The second-order valence-electron chi connectivity index (χ2n) is 3.76. The van der Waals surface area contributed by atoms with Gasteiger partial charge in [0.25, 0.3) is 0 Å². The molecule has 0 unspecified atom stereocenters. The monoisotopic (exact) mass is 262 g/mol. The molecule has 6 nitrogen and oxygen atoms in total. The van der Waals surface area contributed by atoms with Crippen molar-refractivity contribution in [3.8, 4) is 22.8 Å². The molecule has 19 heavy (non-hydrogen) atoms. The number of aromatic amines is 1. The van der Waals surface area contributed by atoms with Gasteiger partial charge in [-0.25, -0.2) is 4.79 Å². The van der Waals surface area contributed by atoms with Crippen molar-refractivity contribution in [2.24, 2.45) is 0 Å². The minimum atomic E-state index is -1.05. The maximum Gasteiger partial charge on any atom is 0.339 e. The summed E-state index contributed by atoms with van der Waals surface area (Å²) in [6.45, 7) is 2.41. The van der Waals surface area contributed by atoms with Crippen LogP contribution in [0.25, 0.3) is 11.3 Å². The largest absolute Gasteiger partial charge is 0.496 e. The number of carboxylic acids is 1. The van der Waals surface area contributed by atoms with E-state index in [0.717, 1.165) is 0 Å². The highest BCUT2D eigenvalue weighted by molar-refractivity contribution is 5.95. The van der Waals surface area contributed by atoms with E-state index in [2.05, 4.69) is 10.2 Å². The number of carbonyl (C=O) groups is 1. The van der Waals surface area contributed by atoms with Gasteiger partial charge in [-0.15, -0.1) is 0 Å². The summed E-state index contributed by atoms with van der Waals surface area (Å²) in [6, 6.07) is 5.22. The highest BCUT2D eigenvalue weighted by Crippen LogP contribution is 2.34. The molecule has 1 heterocycles. The number of ether oxygens (including phenoxy) is 2. The van der Waals surface area contributed by atoms with Crippen molar-refractivity contribution in [2.45, 2.75) is 6.92 Å². The van der Waals surface area contributed by atoms with Crippen molar-refractivity contribution >= 4 is 5.97 Å². The van der Waals surface area contributed by atoms with Crippen LogP contribution < -0.4 is 9.47 Å². The summed E-state index contributed by atoms with van der Waals surface area (Å²) >= 11 is 0. The van der Waals surface area contributed by atoms with Crippen LogP contribution in [0.15, 0.2) is 24.4 Å². The van der Waals surface area contributed by atoms with E-state index in [1.165, 1.54) is 13.3 Å². The van der Waals surface area contributed by atoms with Gasteiger partial charge >= 0.3 is 5.97 Å². The molecule has 0 radical (unpaired) electrons. The van der Waals surface area contributed by atoms with Crippen LogP contribution in [-0.2, 0) is 0 Å². The van der Waals surface area contributed by atoms with Crippen molar-refractivity contribution in [2.75, 3.05) is 13.7 Å². The van der Waals surface area contributed by atoms with Crippen LogP contribution in [0.1, 0.15) is 17.3 Å². The summed E-state index contributed by atoms with van der Waals surface area (Å²) in [4.78, 5) is 11.1. The predicted molar refractivity (Wildman–Crippen MR) is 68.7 cm³/mol. The second kappa shape index (κ2) is 5.43. The predicted octanol–water partition coefficient (Wildman–Crippen LogP) is 2.18. The molecule has 0 aliphatic heterocycles. The molecule has 0 aliphatic carbocycles. The van der Waals surface area contributed by atoms with Crippen LogP contribution in [0.2, 0.25) is 0 Å². The molecule has 0 atom stereocenters. The van der Waals surface area contributed by atoms with E-state index in [1.807, 2.05) is 6.92 Å². The van der Waals surface area contributed by atoms with Crippen LogP contribution in [-0.4, -0.2) is 35.0 Å². The van der Waals surface area contributed by atoms with Crippen molar-refractivity contribution in [3.05, 3.63) is 30.0 Å². The van der Waals surface area contributed by atoms with E-state index in [4.69, 9.17) is 14.6 Å². The van der Waals surface area contributed by atoms with Crippen LogP contribution in [0, 0.1) is 0 Å². The van der Waals surface area contributed by atoms with Gasteiger partial charge in [0.2, 0.25) is 0 Å². The first-order valence-corrected chi connectivity index (χ1v) is 5.75. The minimum Gasteiger partial charge on any atom is -0.496 e. The number of methoxy groups -OCH3 is 1. The smallest absolute Gasteiger partial charge is 0.339 e. The number of hydrogen-bond donors (Lipinski definition) is 2. The lowest BCUT2D eigenvalue weighted by molar-refractivity contribution is 0.0698. The number of H-pyrrole nitrogens is 1. The summed E-state index contributed by atoms with van der Waals surface area (Å²) in [5, 5.41) is 15.6. The van der Waals surface area contributed by atoms with E-state index in [9.17, 15) is 4.79 Å². The Morgan fingerprint density at radius 1 is 1.47 bits per heavy atom. The Morgan fingerprint density at radius 2 is 2.26 bits per heavy atom. The lowest BCUT2D eigenvalue weighted by Crippen LogP contribution is -1.99. The number of carboxylic acid groups (broad SMARTS) is 1. The number of aromatic nitrogens is 2. The fourth-order valence-electron chi connectivity index (χ4n) is 1.79. The van der Waals surface area contributed by atoms with Gasteiger partial charge in [-0.2, -0.15) is 5.10 Å². The fourth-order valence-corrected chi connectivity index (χ4v) is 1.79. The van der Waals surface area contributed by atoms with Crippen molar-refractivity contribution in [3.63, 3.8) is 0 Å². The molecule has 0 spiro atoms. The molecule has 0 amide bonds. The first-order chi connectivity index (χ1) is 9.17. The number of nitrogens with zero attached hydrogens (tertiary/aromatic N) is 1. The fraction of sp³-hybridized carbons (Fsp3) is 0.231. The van der Waals surface area contributed by atoms with Gasteiger partial charge in [-0.3, -0.25) is 5.10 Å². The summed E-state index contributed by atoms with van der Waals surface area (Å²) in [5.41, 5.74) is 1.08. The quantitative estimate of drug-likeness (QED) is 0.862. The Hall–Kier alpha value is -2.50. The molecule has 2 N–H and O–H groups in total. The standard InChI is InChI=1S/C13H14N2O4/c1-3-19-8-4-5-11(18-2)9(6-8)12-10(13(16)17)7-14-15-12/h4-7H,3H2,1-2H3,(H,14,15)(H,16,17). The summed E-state index contributed by atoms with van der Waals surface area (Å²) < 4.78 is 10.6. The number of hydrogen-bond acceptors (Lipinski definition) is 4. The number of aromatic carboxylic acids is 1. The van der Waals surface area contributed by atoms with E-state index in [0.29, 0.717) is 29.4 Å². The molecular formula is C13H14N2O4. The Labute approximate surface area is 110 Å².